The van der Waals surface area contributed by atoms with Gasteiger partial charge in [0.1, 0.15) is 0 Å². The highest BCUT2D eigenvalue weighted by Gasteiger charge is 2.22. The molecule has 10 heteroatoms. The van der Waals surface area contributed by atoms with E-state index in [4.69, 9.17) is 11.6 Å². The first-order valence-electron chi connectivity index (χ1n) is 8.30. The molecule has 2 N–H and O–H groups in total. The summed E-state index contributed by atoms with van der Waals surface area (Å²) in [6.07, 6.45) is 0. The van der Waals surface area contributed by atoms with E-state index in [1.165, 1.54) is 0 Å². The number of hydrogen-bond acceptors (Lipinski definition) is 6. The zero-order valence-corrected chi connectivity index (χ0v) is 17.2. The number of aromatic nitrogens is 2. The summed E-state index contributed by atoms with van der Waals surface area (Å²) in [6, 6.07) is 15.9. The van der Waals surface area contributed by atoms with Gasteiger partial charge in [0, 0.05) is 17.1 Å². The van der Waals surface area contributed by atoms with Gasteiger partial charge in [-0.25, -0.2) is 13.1 Å². The van der Waals surface area contributed by atoms with Crippen LogP contribution in [-0.4, -0.2) is 31.1 Å². The molecule has 0 saturated carbocycles. The summed E-state index contributed by atoms with van der Waals surface area (Å²) < 4.78 is 27.2. The molecule has 0 saturated heterocycles. The van der Waals surface area contributed by atoms with Crippen LogP contribution < -0.4 is 10.0 Å². The molecule has 0 fully saturated rings. The molecule has 0 radical (unpaired) electrons. The highest BCUT2D eigenvalue weighted by molar-refractivity contribution is 7.91. The Morgan fingerprint density at radius 1 is 1.11 bits per heavy atom. The minimum absolute atomic E-state index is 0.00651. The number of benzene rings is 2. The number of nitrogens with zero attached hydrogens (tertiary/aromatic N) is 2. The number of rotatable bonds is 7. The molecule has 28 heavy (non-hydrogen) atoms. The maximum Gasteiger partial charge on any atom is 0.269 e. The summed E-state index contributed by atoms with van der Waals surface area (Å²) in [5.41, 5.74) is 1.40. The van der Waals surface area contributed by atoms with E-state index in [9.17, 15) is 13.2 Å². The topological polar surface area (TPSA) is 101 Å². The summed E-state index contributed by atoms with van der Waals surface area (Å²) in [5.74, 6) is -0.435. The fourth-order valence-electron chi connectivity index (χ4n) is 2.34. The van der Waals surface area contributed by atoms with Crippen LogP contribution in [0.1, 0.15) is 28.8 Å². The smallest absolute Gasteiger partial charge is 0.269 e. The first-order chi connectivity index (χ1) is 13.3. The van der Waals surface area contributed by atoms with Crippen LogP contribution in [0.25, 0.3) is 0 Å². The molecular formula is C18H17ClN4O3S2. The average Bonchev–Trinajstić information content (AvgIpc) is 3.17. The largest absolute Gasteiger partial charge is 0.296 e. The molecule has 146 valence electrons. The number of amides is 1. The molecule has 0 unspecified atom stereocenters. The molecule has 1 aromatic heterocycles. The van der Waals surface area contributed by atoms with Gasteiger partial charge in [-0.05, 0) is 35.7 Å². The number of nitrogens with one attached hydrogen (secondary N) is 2. The third-order valence-electron chi connectivity index (χ3n) is 3.91. The van der Waals surface area contributed by atoms with Crippen molar-refractivity contribution in [2.75, 3.05) is 11.9 Å². The normalized spacial score (nSPS) is 12.5. The lowest BCUT2D eigenvalue weighted by Gasteiger charge is -2.12. The molecule has 0 aliphatic heterocycles. The van der Waals surface area contributed by atoms with Crippen LogP contribution in [0.2, 0.25) is 5.02 Å². The molecular weight excluding hydrogens is 420 g/mol. The van der Waals surface area contributed by atoms with Gasteiger partial charge < -0.3 is 0 Å². The Morgan fingerprint density at radius 2 is 1.79 bits per heavy atom. The van der Waals surface area contributed by atoms with Gasteiger partial charge in [0.25, 0.3) is 15.9 Å². The molecule has 7 nitrogen and oxygen atoms in total. The van der Waals surface area contributed by atoms with Crippen molar-refractivity contribution in [3.8, 4) is 0 Å². The van der Waals surface area contributed by atoms with E-state index in [2.05, 4.69) is 20.2 Å². The van der Waals surface area contributed by atoms with Crippen molar-refractivity contribution < 1.29 is 13.2 Å². The fraction of sp³-hybridized carbons (Fsp3) is 0.167. The zero-order valence-electron chi connectivity index (χ0n) is 14.8. The third kappa shape index (κ3) is 5.14. The quantitative estimate of drug-likeness (QED) is 0.552. The van der Waals surface area contributed by atoms with E-state index >= 15 is 0 Å². The van der Waals surface area contributed by atoms with Gasteiger partial charge in [0.2, 0.25) is 9.47 Å². The van der Waals surface area contributed by atoms with Crippen molar-refractivity contribution in [1.82, 2.24) is 14.9 Å². The predicted molar refractivity (Wildman–Crippen MR) is 109 cm³/mol. The number of sulfonamides is 1. The highest BCUT2D eigenvalue weighted by atomic mass is 35.5. The van der Waals surface area contributed by atoms with E-state index in [1.54, 1.807) is 24.3 Å². The predicted octanol–water partition coefficient (Wildman–Crippen LogP) is 3.53. The maximum atomic E-state index is 12.4. The van der Waals surface area contributed by atoms with E-state index in [1.807, 2.05) is 37.3 Å². The van der Waals surface area contributed by atoms with Crippen molar-refractivity contribution >= 4 is 44.0 Å². The Labute approximate surface area is 171 Å². The minimum Gasteiger partial charge on any atom is -0.296 e. The molecule has 3 aromatic rings. The Bertz CT molecular complexity index is 1050. The lowest BCUT2D eigenvalue weighted by molar-refractivity contribution is 0.102. The molecule has 1 atom stereocenters. The van der Waals surface area contributed by atoms with Gasteiger partial charge in [-0.1, -0.05) is 60.2 Å². The lowest BCUT2D eigenvalue weighted by atomic mass is 10.0. The van der Waals surface area contributed by atoms with Crippen LogP contribution in [0.15, 0.2) is 58.9 Å². The van der Waals surface area contributed by atoms with Crippen LogP contribution in [0, 0.1) is 0 Å². The van der Waals surface area contributed by atoms with Crippen LogP contribution in [-0.2, 0) is 10.0 Å². The van der Waals surface area contributed by atoms with Crippen molar-refractivity contribution in [1.29, 1.82) is 0 Å². The van der Waals surface area contributed by atoms with E-state index < -0.39 is 15.9 Å². The lowest BCUT2D eigenvalue weighted by Crippen LogP contribution is -2.27. The first kappa shape index (κ1) is 20.4. The molecule has 1 heterocycles. The SMILES string of the molecule is C[C@@H](CNS(=O)(=O)c1nnc(NC(=O)c2ccc(Cl)cc2)s1)c1ccccc1. The number of anilines is 1. The van der Waals surface area contributed by atoms with Gasteiger partial charge in [0.15, 0.2) is 0 Å². The molecule has 2 aromatic carbocycles. The second-order valence-corrected chi connectivity index (χ2v) is 9.35. The van der Waals surface area contributed by atoms with Crippen molar-refractivity contribution in [3.63, 3.8) is 0 Å². The average molecular weight is 437 g/mol. The monoisotopic (exact) mass is 436 g/mol. The number of carbonyl (C=O) groups excluding carboxylic acids is 1. The van der Waals surface area contributed by atoms with Gasteiger partial charge in [-0.2, -0.15) is 0 Å². The number of halogens is 1. The maximum absolute atomic E-state index is 12.4. The van der Waals surface area contributed by atoms with Gasteiger partial charge >= 0.3 is 0 Å². The Hall–Kier alpha value is -2.33. The Balaban J connectivity index is 1.63. The molecule has 0 aliphatic carbocycles. The van der Waals surface area contributed by atoms with Crippen LogP contribution in [0.4, 0.5) is 5.13 Å². The van der Waals surface area contributed by atoms with E-state index in [0.717, 1.165) is 16.9 Å². The second-order valence-electron chi connectivity index (χ2n) is 6.00. The van der Waals surface area contributed by atoms with E-state index in [0.29, 0.717) is 10.6 Å². The molecule has 1 amide bonds. The van der Waals surface area contributed by atoms with E-state index in [-0.39, 0.29) is 21.9 Å². The standard InChI is InChI=1S/C18H17ClN4O3S2/c1-12(13-5-3-2-4-6-13)11-20-28(25,26)18-23-22-17(27-18)21-16(24)14-7-9-15(19)10-8-14/h2-10,12,20H,11H2,1H3,(H,21,22,24)/t12-/m0/s1. The second kappa shape index (κ2) is 8.78. The zero-order chi connectivity index (χ0) is 20.1. The third-order valence-corrected chi connectivity index (χ3v) is 6.79. The van der Waals surface area contributed by atoms with Gasteiger partial charge in [0.05, 0.1) is 0 Å². The molecule has 3 rings (SSSR count). The Morgan fingerprint density at radius 3 is 2.46 bits per heavy atom. The molecule has 0 aliphatic rings. The first-order valence-corrected chi connectivity index (χ1v) is 11.0. The molecule has 0 bridgehead atoms. The number of hydrogen-bond donors (Lipinski definition) is 2. The number of carbonyl (C=O) groups is 1. The van der Waals surface area contributed by atoms with Crippen molar-refractivity contribution in [2.24, 2.45) is 0 Å². The van der Waals surface area contributed by atoms with Crippen molar-refractivity contribution in [2.45, 2.75) is 17.2 Å². The van der Waals surface area contributed by atoms with Crippen LogP contribution in [0.3, 0.4) is 0 Å². The highest BCUT2D eigenvalue weighted by Crippen LogP contribution is 2.21. The van der Waals surface area contributed by atoms with Gasteiger partial charge in [-0.15, -0.1) is 10.2 Å². The van der Waals surface area contributed by atoms with Crippen molar-refractivity contribution in [3.05, 3.63) is 70.7 Å². The fourth-order valence-corrected chi connectivity index (χ4v) is 4.53. The summed E-state index contributed by atoms with van der Waals surface area (Å²) in [7, 11) is -3.82. The summed E-state index contributed by atoms with van der Waals surface area (Å²) in [5, 5.41) is 10.6. The molecule has 0 spiro atoms. The minimum atomic E-state index is -3.82. The van der Waals surface area contributed by atoms with Crippen LogP contribution in [0.5, 0.6) is 0 Å². The summed E-state index contributed by atoms with van der Waals surface area (Å²) in [6.45, 7) is 2.15. The summed E-state index contributed by atoms with van der Waals surface area (Å²) >= 11 is 6.58. The van der Waals surface area contributed by atoms with Crippen LogP contribution >= 0.6 is 22.9 Å². The Kier molecular flexibility index (Phi) is 6.40. The van der Waals surface area contributed by atoms with Gasteiger partial charge in [-0.3, -0.25) is 10.1 Å². The summed E-state index contributed by atoms with van der Waals surface area (Å²) in [4.78, 5) is 12.2.